The van der Waals surface area contributed by atoms with Crippen LogP contribution in [0.5, 0.6) is 5.75 Å². The monoisotopic (exact) mass is 486 g/mol. The van der Waals surface area contributed by atoms with Crippen LogP contribution < -0.4 is 10.1 Å². The summed E-state index contributed by atoms with van der Waals surface area (Å²) in [7, 11) is 1.55. The summed E-state index contributed by atoms with van der Waals surface area (Å²) in [6.45, 7) is 2.56. The summed E-state index contributed by atoms with van der Waals surface area (Å²) in [5, 5.41) is 2.78. The molecule has 1 aliphatic rings. The fourth-order valence-corrected chi connectivity index (χ4v) is 4.30. The number of halogens is 3. The van der Waals surface area contributed by atoms with E-state index in [4.69, 9.17) is 4.74 Å². The van der Waals surface area contributed by atoms with Gasteiger partial charge in [0, 0.05) is 24.1 Å². The maximum absolute atomic E-state index is 13.2. The van der Waals surface area contributed by atoms with Crippen molar-refractivity contribution in [3.8, 4) is 17.6 Å². The third kappa shape index (κ3) is 6.56. The van der Waals surface area contributed by atoms with Gasteiger partial charge in [-0.05, 0) is 37.1 Å². The highest BCUT2D eigenvalue weighted by atomic mass is 19.4. The van der Waals surface area contributed by atoms with E-state index in [1.807, 2.05) is 31.2 Å². The normalized spacial score (nSPS) is 18.0. The lowest BCUT2D eigenvalue weighted by Gasteiger charge is -2.41. The van der Waals surface area contributed by atoms with Gasteiger partial charge in [0.2, 0.25) is 11.8 Å². The van der Waals surface area contributed by atoms with E-state index in [0.717, 1.165) is 30.5 Å². The van der Waals surface area contributed by atoms with Gasteiger partial charge in [-0.1, -0.05) is 49.5 Å². The summed E-state index contributed by atoms with van der Waals surface area (Å²) in [5.41, 5.74) is 0.219. The van der Waals surface area contributed by atoms with Crippen LogP contribution in [0.3, 0.4) is 0 Å². The Bertz CT molecular complexity index is 1100. The van der Waals surface area contributed by atoms with Crippen molar-refractivity contribution in [2.45, 2.75) is 44.8 Å². The molecule has 0 aromatic heterocycles. The van der Waals surface area contributed by atoms with Gasteiger partial charge in [-0.2, -0.15) is 13.2 Å². The minimum Gasteiger partial charge on any atom is -0.496 e. The number of unbranched alkanes of at least 4 members (excludes halogenated alkanes) is 1. The van der Waals surface area contributed by atoms with Crippen LogP contribution in [-0.2, 0) is 15.8 Å². The van der Waals surface area contributed by atoms with Crippen LogP contribution in [0.4, 0.5) is 13.2 Å². The summed E-state index contributed by atoms with van der Waals surface area (Å²) in [6, 6.07) is 11.6. The van der Waals surface area contributed by atoms with E-state index in [0.29, 0.717) is 18.7 Å². The number of likely N-dealkylation sites (tertiary alicyclic amines) is 1. The number of carbonyl (C=O) groups excluding carboxylic acids is 2. The maximum atomic E-state index is 13.2. The largest absolute Gasteiger partial charge is 0.496 e. The molecule has 1 aliphatic heterocycles. The molecule has 0 aliphatic carbocycles. The number of amides is 2. The smallest absolute Gasteiger partial charge is 0.416 e. The molecule has 2 atom stereocenters. The highest BCUT2D eigenvalue weighted by Crippen LogP contribution is 2.40. The Labute approximate surface area is 203 Å². The molecule has 1 fully saturated rings. The van der Waals surface area contributed by atoms with Crippen molar-refractivity contribution in [3.63, 3.8) is 0 Å². The second kappa shape index (κ2) is 11.8. The number of ether oxygens (including phenoxy) is 1. The molecule has 5 nitrogen and oxygen atoms in total. The van der Waals surface area contributed by atoms with E-state index in [-0.39, 0.29) is 30.3 Å². The molecule has 0 saturated carbocycles. The number of nitrogens with zero attached hydrogens (tertiary/aromatic N) is 1. The minimum absolute atomic E-state index is 0.00254. The van der Waals surface area contributed by atoms with Crippen LogP contribution >= 0.6 is 0 Å². The molecule has 1 saturated heterocycles. The third-order valence-electron chi connectivity index (χ3n) is 6.03. The van der Waals surface area contributed by atoms with Crippen molar-refractivity contribution < 1.29 is 27.5 Å². The van der Waals surface area contributed by atoms with Crippen molar-refractivity contribution in [1.29, 1.82) is 0 Å². The summed E-state index contributed by atoms with van der Waals surface area (Å²) < 4.78 is 44.2. The summed E-state index contributed by atoms with van der Waals surface area (Å²) >= 11 is 0. The number of nitrogens with one attached hydrogen (secondary N) is 1. The van der Waals surface area contributed by atoms with Crippen molar-refractivity contribution in [2.24, 2.45) is 5.92 Å². The number of para-hydroxylation sites is 1. The Morgan fingerprint density at radius 2 is 1.97 bits per heavy atom. The maximum Gasteiger partial charge on any atom is 0.416 e. The molecule has 8 heteroatoms. The fourth-order valence-electron chi connectivity index (χ4n) is 4.30. The summed E-state index contributed by atoms with van der Waals surface area (Å²) in [5.74, 6) is 5.25. The van der Waals surface area contributed by atoms with Gasteiger partial charge in [0.1, 0.15) is 5.75 Å². The molecule has 2 amide bonds. The predicted octanol–water partition coefficient (Wildman–Crippen LogP) is 4.96. The highest BCUT2D eigenvalue weighted by molar-refractivity contribution is 5.85. The Morgan fingerprint density at radius 3 is 2.69 bits per heavy atom. The molecule has 1 heterocycles. The van der Waals surface area contributed by atoms with Gasteiger partial charge < -0.3 is 15.0 Å². The van der Waals surface area contributed by atoms with Crippen LogP contribution in [0.15, 0.2) is 48.5 Å². The highest BCUT2D eigenvalue weighted by Gasteiger charge is 2.41. The molecule has 0 bridgehead atoms. The Kier molecular flexibility index (Phi) is 8.80. The molecule has 0 spiro atoms. The summed E-state index contributed by atoms with van der Waals surface area (Å²) in [4.78, 5) is 27.8. The minimum atomic E-state index is -4.44. The predicted molar refractivity (Wildman–Crippen MR) is 126 cm³/mol. The van der Waals surface area contributed by atoms with Crippen molar-refractivity contribution >= 4 is 11.8 Å². The Morgan fingerprint density at radius 1 is 1.20 bits per heavy atom. The van der Waals surface area contributed by atoms with Crippen molar-refractivity contribution in [3.05, 3.63) is 65.2 Å². The van der Waals surface area contributed by atoms with E-state index in [1.165, 1.54) is 12.1 Å². The van der Waals surface area contributed by atoms with E-state index in [1.54, 1.807) is 12.0 Å². The zero-order valence-electron chi connectivity index (χ0n) is 19.8. The first-order valence-electron chi connectivity index (χ1n) is 11.6. The number of hydrogen-bond donors (Lipinski definition) is 1. The van der Waals surface area contributed by atoms with E-state index in [9.17, 15) is 22.8 Å². The number of rotatable bonds is 7. The number of piperidine rings is 1. The van der Waals surface area contributed by atoms with Gasteiger partial charge in [0.25, 0.3) is 0 Å². The van der Waals surface area contributed by atoms with E-state index in [2.05, 4.69) is 17.2 Å². The SMILES string of the molecule is CCCCN1C(=O)CC[C@@H](C(=O)NCC#Cc2cccc(C(F)(F)F)c2)[C@H]1c1ccccc1OC. The van der Waals surface area contributed by atoms with Crippen molar-refractivity contribution in [2.75, 3.05) is 20.2 Å². The standard InChI is InChI=1S/C27H29F3N2O3/c1-3-4-17-32-24(33)15-14-22(25(32)21-12-5-6-13-23(21)35-2)26(34)31-16-8-10-19-9-7-11-20(18-19)27(28,29)30/h5-7,9,11-13,18,22,25H,3-4,14-17H2,1-2H3,(H,31,34)/t22-,25-/m1/s1. The Hall–Kier alpha value is -3.47. The second-order valence-electron chi connectivity index (χ2n) is 8.37. The Balaban J connectivity index is 1.78. The fraction of sp³-hybridized carbons (Fsp3) is 0.407. The molecule has 186 valence electrons. The lowest BCUT2D eigenvalue weighted by molar-refractivity contribution is -0.143. The molecular formula is C27H29F3N2O3. The van der Waals surface area contributed by atoms with Crippen LogP contribution in [0.1, 0.15) is 55.3 Å². The average molecular weight is 487 g/mol. The molecule has 0 unspecified atom stereocenters. The quantitative estimate of drug-likeness (QED) is 0.563. The number of methoxy groups -OCH3 is 1. The topological polar surface area (TPSA) is 58.6 Å². The van der Waals surface area contributed by atoms with Crippen LogP contribution in [-0.4, -0.2) is 36.9 Å². The van der Waals surface area contributed by atoms with E-state index >= 15 is 0 Å². The van der Waals surface area contributed by atoms with E-state index < -0.39 is 23.7 Å². The number of carbonyl (C=O) groups is 2. The zero-order valence-corrected chi connectivity index (χ0v) is 19.8. The van der Waals surface area contributed by atoms with Gasteiger partial charge in [-0.3, -0.25) is 9.59 Å². The van der Waals surface area contributed by atoms with Crippen LogP contribution in [0.2, 0.25) is 0 Å². The molecule has 1 N–H and O–H groups in total. The number of hydrogen-bond acceptors (Lipinski definition) is 3. The van der Waals surface area contributed by atoms with Gasteiger partial charge in [-0.25, -0.2) is 0 Å². The number of alkyl halides is 3. The molecule has 2 aromatic rings. The average Bonchev–Trinajstić information content (AvgIpc) is 2.85. The molecule has 35 heavy (non-hydrogen) atoms. The first kappa shape index (κ1) is 26.1. The second-order valence-corrected chi connectivity index (χ2v) is 8.37. The molecule has 0 radical (unpaired) electrons. The lowest BCUT2D eigenvalue weighted by atomic mass is 9.83. The first-order chi connectivity index (χ1) is 16.8. The third-order valence-corrected chi connectivity index (χ3v) is 6.03. The van der Waals surface area contributed by atoms with Gasteiger partial charge in [0.05, 0.1) is 31.2 Å². The zero-order chi connectivity index (χ0) is 25.4. The van der Waals surface area contributed by atoms with Crippen LogP contribution in [0.25, 0.3) is 0 Å². The summed E-state index contributed by atoms with van der Waals surface area (Å²) in [6.07, 6.45) is -2.07. The lowest BCUT2D eigenvalue weighted by Crippen LogP contribution is -2.48. The van der Waals surface area contributed by atoms with Crippen LogP contribution in [0, 0.1) is 17.8 Å². The first-order valence-corrected chi connectivity index (χ1v) is 11.6. The van der Waals surface area contributed by atoms with Gasteiger partial charge in [0.15, 0.2) is 0 Å². The molecular weight excluding hydrogens is 457 g/mol. The van der Waals surface area contributed by atoms with Gasteiger partial charge in [-0.15, -0.1) is 0 Å². The number of benzene rings is 2. The van der Waals surface area contributed by atoms with Crippen molar-refractivity contribution in [1.82, 2.24) is 10.2 Å². The van der Waals surface area contributed by atoms with Gasteiger partial charge >= 0.3 is 6.18 Å². The molecule has 2 aromatic carbocycles. The molecule has 3 rings (SSSR count).